The number of anilines is 2. The summed E-state index contributed by atoms with van der Waals surface area (Å²) in [5, 5.41) is 3.80. The van der Waals surface area contributed by atoms with Crippen LogP contribution in [0.1, 0.15) is 37.4 Å². The number of nitrogen functional groups attached to an aromatic ring is 1. The normalized spacial score (nSPS) is 15.9. The highest BCUT2D eigenvalue weighted by Gasteiger charge is 2.22. The number of nitrogens with two attached hydrogens (primary N) is 1. The molecule has 0 aromatic carbocycles. The van der Waals surface area contributed by atoms with Crippen molar-refractivity contribution in [2.75, 3.05) is 18.1 Å². The fraction of sp³-hybridized carbons (Fsp3) is 0.500. The van der Waals surface area contributed by atoms with Crippen molar-refractivity contribution in [1.82, 2.24) is 14.5 Å². The summed E-state index contributed by atoms with van der Waals surface area (Å²) in [5.41, 5.74) is 7.55. The molecule has 3 N–H and O–H groups in total. The molecule has 0 saturated heterocycles. The topological polar surface area (TPSA) is 85.8 Å². The Morgan fingerprint density at radius 1 is 1.35 bits per heavy atom. The van der Waals surface area contributed by atoms with Gasteiger partial charge >= 0.3 is 0 Å². The van der Waals surface area contributed by atoms with Gasteiger partial charge in [-0.25, -0.2) is 4.98 Å². The van der Waals surface area contributed by atoms with Gasteiger partial charge in [-0.05, 0) is 25.8 Å². The van der Waals surface area contributed by atoms with Crippen molar-refractivity contribution in [1.29, 1.82) is 0 Å². The van der Waals surface area contributed by atoms with Gasteiger partial charge < -0.3 is 11.1 Å². The van der Waals surface area contributed by atoms with E-state index in [9.17, 15) is 4.79 Å². The van der Waals surface area contributed by atoms with Gasteiger partial charge in [-0.15, -0.1) is 0 Å². The van der Waals surface area contributed by atoms with Crippen molar-refractivity contribution in [2.24, 2.45) is 0 Å². The monoisotopic (exact) mass is 273 g/mol. The molecule has 1 fully saturated rings. The molecule has 0 spiro atoms. The number of aromatic nitrogens is 3. The Hall–Kier alpha value is -2.11. The molecule has 1 aliphatic carbocycles. The summed E-state index contributed by atoms with van der Waals surface area (Å²) in [4.78, 5) is 21.3. The van der Waals surface area contributed by atoms with Crippen LogP contribution in [0.4, 0.5) is 11.6 Å². The SMILES string of the molecule is CNc1nc(C)c2cc(N)c(=O)n(C3CCCC3)c2n1. The van der Waals surface area contributed by atoms with Gasteiger partial charge in [0.25, 0.3) is 5.56 Å². The maximum atomic E-state index is 12.4. The van der Waals surface area contributed by atoms with Crippen molar-refractivity contribution >= 4 is 22.7 Å². The molecule has 0 bridgehead atoms. The zero-order valence-corrected chi connectivity index (χ0v) is 11.8. The first kappa shape index (κ1) is 12.9. The van der Waals surface area contributed by atoms with Crippen LogP contribution in [0.5, 0.6) is 0 Å². The van der Waals surface area contributed by atoms with Gasteiger partial charge in [-0.3, -0.25) is 9.36 Å². The lowest BCUT2D eigenvalue weighted by Crippen LogP contribution is -2.27. The number of hydrogen-bond acceptors (Lipinski definition) is 5. The molecular weight excluding hydrogens is 254 g/mol. The van der Waals surface area contributed by atoms with Crippen LogP contribution in [0.15, 0.2) is 10.9 Å². The molecule has 0 atom stereocenters. The van der Waals surface area contributed by atoms with Crippen molar-refractivity contribution < 1.29 is 0 Å². The third-order valence-electron chi connectivity index (χ3n) is 4.02. The van der Waals surface area contributed by atoms with Gasteiger partial charge in [0.05, 0.1) is 11.4 Å². The molecule has 20 heavy (non-hydrogen) atoms. The molecule has 1 aliphatic rings. The van der Waals surface area contributed by atoms with E-state index >= 15 is 0 Å². The third-order valence-corrected chi connectivity index (χ3v) is 4.02. The maximum absolute atomic E-state index is 12.4. The average molecular weight is 273 g/mol. The van der Waals surface area contributed by atoms with Crippen molar-refractivity contribution in [3.63, 3.8) is 0 Å². The molecule has 0 amide bonds. The number of aryl methyl sites for hydroxylation is 1. The van der Waals surface area contributed by atoms with Crippen molar-refractivity contribution in [3.8, 4) is 0 Å². The Bertz CT molecular complexity index is 716. The fourth-order valence-electron chi connectivity index (χ4n) is 2.98. The molecule has 1 saturated carbocycles. The van der Waals surface area contributed by atoms with Crippen LogP contribution in [0.25, 0.3) is 11.0 Å². The van der Waals surface area contributed by atoms with Crippen LogP contribution in [-0.4, -0.2) is 21.6 Å². The molecular formula is C14H19N5O. The molecule has 2 aromatic rings. The van der Waals surface area contributed by atoms with E-state index in [1.807, 2.05) is 6.92 Å². The zero-order valence-electron chi connectivity index (χ0n) is 11.8. The van der Waals surface area contributed by atoms with Crippen molar-refractivity contribution in [3.05, 3.63) is 22.1 Å². The van der Waals surface area contributed by atoms with Crippen LogP contribution in [0, 0.1) is 6.92 Å². The minimum absolute atomic E-state index is 0.135. The van der Waals surface area contributed by atoms with E-state index in [0.717, 1.165) is 36.8 Å². The third kappa shape index (κ3) is 1.92. The lowest BCUT2D eigenvalue weighted by Gasteiger charge is -2.18. The van der Waals surface area contributed by atoms with Crippen LogP contribution in [-0.2, 0) is 0 Å². The van der Waals surface area contributed by atoms with Gasteiger partial charge in [0.1, 0.15) is 5.65 Å². The van der Waals surface area contributed by atoms with Gasteiger partial charge in [0.2, 0.25) is 5.95 Å². The Kier molecular flexibility index (Phi) is 3.08. The Morgan fingerprint density at radius 2 is 2.05 bits per heavy atom. The molecule has 106 valence electrons. The molecule has 3 rings (SSSR count). The summed E-state index contributed by atoms with van der Waals surface area (Å²) < 4.78 is 1.77. The molecule has 0 unspecified atom stereocenters. The molecule has 0 radical (unpaired) electrons. The predicted molar refractivity (Wildman–Crippen MR) is 80.0 cm³/mol. The lowest BCUT2D eigenvalue weighted by atomic mass is 10.2. The van der Waals surface area contributed by atoms with E-state index < -0.39 is 0 Å². The quantitative estimate of drug-likeness (QED) is 0.872. The second kappa shape index (κ2) is 4.77. The minimum Gasteiger partial charge on any atom is -0.394 e. The highest BCUT2D eigenvalue weighted by Crippen LogP contribution is 2.31. The molecule has 6 nitrogen and oxygen atoms in total. The Morgan fingerprint density at radius 3 is 2.70 bits per heavy atom. The zero-order chi connectivity index (χ0) is 14.3. The van der Waals surface area contributed by atoms with Crippen LogP contribution < -0.4 is 16.6 Å². The van der Waals surface area contributed by atoms with Gasteiger partial charge in [-0.2, -0.15) is 4.98 Å². The first-order valence-corrected chi connectivity index (χ1v) is 6.99. The summed E-state index contributed by atoms with van der Waals surface area (Å²) in [6.45, 7) is 1.91. The van der Waals surface area contributed by atoms with E-state index in [0.29, 0.717) is 11.6 Å². The number of nitrogens with one attached hydrogen (secondary N) is 1. The number of pyridine rings is 1. The van der Waals surface area contributed by atoms with E-state index in [2.05, 4.69) is 15.3 Å². The predicted octanol–water partition coefficient (Wildman–Crippen LogP) is 1.84. The average Bonchev–Trinajstić information content (AvgIpc) is 2.94. The largest absolute Gasteiger partial charge is 0.394 e. The molecule has 6 heteroatoms. The second-order valence-corrected chi connectivity index (χ2v) is 5.33. The smallest absolute Gasteiger partial charge is 0.275 e. The van der Waals surface area contributed by atoms with Gasteiger partial charge in [0, 0.05) is 18.5 Å². The number of fused-ring (bicyclic) bond motifs is 1. The minimum atomic E-state index is -0.135. The van der Waals surface area contributed by atoms with E-state index in [1.165, 1.54) is 0 Å². The van der Waals surface area contributed by atoms with Gasteiger partial charge in [-0.1, -0.05) is 12.8 Å². The Balaban J connectivity index is 2.37. The second-order valence-electron chi connectivity index (χ2n) is 5.33. The summed E-state index contributed by atoms with van der Waals surface area (Å²) in [6, 6.07) is 1.89. The summed E-state index contributed by atoms with van der Waals surface area (Å²) in [5.74, 6) is 0.533. The van der Waals surface area contributed by atoms with E-state index in [4.69, 9.17) is 5.73 Å². The maximum Gasteiger partial charge on any atom is 0.275 e. The Labute approximate surface area is 117 Å². The lowest BCUT2D eigenvalue weighted by molar-refractivity contribution is 0.517. The van der Waals surface area contributed by atoms with E-state index in [1.54, 1.807) is 17.7 Å². The number of rotatable bonds is 2. The highest BCUT2D eigenvalue weighted by atomic mass is 16.1. The summed E-state index contributed by atoms with van der Waals surface area (Å²) in [7, 11) is 1.77. The highest BCUT2D eigenvalue weighted by molar-refractivity contribution is 5.81. The van der Waals surface area contributed by atoms with Crippen molar-refractivity contribution in [2.45, 2.75) is 38.6 Å². The number of nitrogens with zero attached hydrogens (tertiary/aromatic N) is 3. The molecule has 2 heterocycles. The summed E-state index contributed by atoms with van der Waals surface area (Å²) in [6.07, 6.45) is 4.32. The standard InChI is InChI=1S/C14H19N5O/c1-8-10-7-11(15)13(20)19(9-5-3-4-6-9)12(10)18-14(16-2)17-8/h7,9H,3-6,15H2,1-2H3,(H,16,17,18). The first-order chi connectivity index (χ1) is 9.61. The fourth-order valence-corrected chi connectivity index (χ4v) is 2.98. The summed E-state index contributed by atoms with van der Waals surface area (Å²) >= 11 is 0. The molecule has 2 aromatic heterocycles. The van der Waals surface area contributed by atoms with Gasteiger partial charge in [0.15, 0.2) is 0 Å². The number of hydrogen-bond donors (Lipinski definition) is 2. The van der Waals surface area contributed by atoms with Crippen LogP contribution in [0.3, 0.4) is 0 Å². The van der Waals surface area contributed by atoms with Crippen LogP contribution in [0.2, 0.25) is 0 Å². The van der Waals surface area contributed by atoms with Crippen LogP contribution >= 0.6 is 0 Å². The van der Waals surface area contributed by atoms with E-state index in [-0.39, 0.29) is 17.3 Å². The molecule has 0 aliphatic heterocycles. The first-order valence-electron chi connectivity index (χ1n) is 6.99.